The van der Waals surface area contributed by atoms with E-state index in [1.807, 2.05) is 0 Å². The molecule has 3 fully saturated rings. The Balaban J connectivity index is 1.55. The Bertz CT molecular complexity index is 414. The molecule has 21 heavy (non-hydrogen) atoms. The number of hydrogen-bond donors (Lipinski definition) is 2. The molecule has 1 unspecified atom stereocenters. The third kappa shape index (κ3) is 3.07. The van der Waals surface area contributed by atoms with E-state index in [0.29, 0.717) is 13.1 Å². The van der Waals surface area contributed by atoms with Crippen LogP contribution >= 0.6 is 0 Å². The minimum absolute atomic E-state index is 0.0841. The van der Waals surface area contributed by atoms with Crippen molar-refractivity contribution in [1.82, 2.24) is 10.2 Å². The van der Waals surface area contributed by atoms with Crippen molar-refractivity contribution in [1.29, 1.82) is 0 Å². The molecular weight excluding hydrogens is 268 g/mol. The summed E-state index contributed by atoms with van der Waals surface area (Å²) in [6.45, 7) is 1.03. The molecule has 2 amide bonds. The fraction of sp³-hybridized carbons (Fsp3) is 0.875. The van der Waals surface area contributed by atoms with Crippen LogP contribution in [0.5, 0.6) is 0 Å². The Hall–Kier alpha value is -1.10. The van der Waals surface area contributed by atoms with Crippen LogP contribution in [-0.2, 0) is 9.59 Å². The first-order chi connectivity index (χ1) is 10.1. The van der Waals surface area contributed by atoms with Gasteiger partial charge in [0.05, 0.1) is 5.60 Å². The molecule has 118 valence electrons. The molecule has 0 radical (unpaired) electrons. The third-order valence-corrected chi connectivity index (χ3v) is 5.42. The van der Waals surface area contributed by atoms with Gasteiger partial charge in [0.1, 0.15) is 6.04 Å². The van der Waals surface area contributed by atoms with Crippen LogP contribution in [0.4, 0.5) is 0 Å². The highest BCUT2D eigenvalue weighted by molar-refractivity contribution is 5.89. The molecule has 0 bridgehead atoms. The van der Waals surface area contributed by atoms with E-state index in [1.54, 1.807) is 4.90 Å². The molecule has 5 nitrogen and oxygen atoms in total. The molecule has 1 aliphatic heterocycles. The molecule has 0 aromatic carbocycles. The van der Waals surface area contributed by atoms with E-state index in [2.05, 4.69) is 5.32 Å². The van der Waals surface area contributed by atoms with Crippen molar-refractivity contribution in [3.05, 3.63) is 0 Å². The number of carbonyl (C=O) groups excluding carboxylic acids is 2. The smallest absolute Gasteiger partial charge is 0.242 e. The van der Waals surface area contributed by atoms with Gasteiger partial charge in [-0.15, -0.1) is 0 Å². The van der Waals surface area contributed by atoms with Gasteiger partial charge < -0.3 is 15.3 Å². The minimum atomic E-state index is -0.700. The monoisotopic (exact) mass is 294 g/mol. The van der Waals surface area contributed by atoms with Crippen molar-refractivity contribution in [2.45, 2.75) is 69.4 Å². The van der Waals surface area contributed by atoms with Gasteiger partial charge >= 0.3 is 0 Å². The lowest BCUT2D eigenvalue weighted by Gasteiger charge is -2.37. The van der Waals surface area contributed by atoms with E-state index in [-0.39, 0.29) is 23.8 Å². The predicted octanol–water partition coefficient (Wildman–Crippen LogP) is 1.20. The maximum absolute atomic E-state index is 12.5. The number of nitrogens with one attached hydrogen (secondary N) is 1. The summed E-state index contributed by atoms with van der Waals surface area (Å²) in [4.78, 5) is 26.7. The zero-order valence-corrected chi connectivity index (χ0v) is 12.6. The standard InChI is InChI=1S/C16H26N2O3/c19-14(17-11-16(21)8-4-9-16)13-7-3-10-18(13)15(20)12-5-1-2-6-12/h12-13,21H,1-11H2,(H,17,19). The molecule has 0 aromatic rings. The van der Waals surface area contributed by atoms with Gasteiger partial charge in [0.15, 0.2) is 0 Å². The average Bonchev–Trinajstić information content (AvgIpc) is 3.12. The lowest BCUT2D eigenvalue weighted by molar-refractivity contribution is -0.142. The lowest BCUT2D eigenvalue weighted by Crippen LogP contribution is -2.53. The molecule has 0 aromatic heterocycles. The van der Waals surface area contributed by atoms with Crippen LogP contribution in [0.15, 0.2) is 0 Å². The van der Waals surface area contributed by atoms with Crippen molar-refractivity contribution in [3.8, 4) is 0 Å². The first-order valence-corrected chi connectivity index (χ1v) is 8.40. The summed E-state index contributed by atoms with van der Waals surface area (Å²) in [7, 11) is 0. The van der Waals surface area contributed by atoms with Gasteiger partial charge in [-0.2, -0.15) is 0 Å². The van der Waals surface area contributed by atoms with Crippen LogP contribution in [0.1, 0.15) is 57.8 Å². The Morgan fingerprint density at radius 1 is 1.10 bits per heavy atom. The predicted molar refractivity (Wildman–Crippen MR) is 78.5 cm³/mol. The molecule has 1 saturated heterocycles. The number of hydrogen-bond acceptors (Lipinski definition) is 3. The van der Waals surface area contributed by atoms with E-state index >= 15 is 0 Å². The van der Waals surface area contributed by atoms with Crippen molar-refractivity contribution in [3.63, 3.8) is 0 Å². The number of likely N-dealkylation sites (tertiary alicyclic amines) is 1. The van der Waals surface area contributed by atoms with Gasteiger partial charge in [0.2, 0.25) is 11.8 Å². The van der Waals surface area contributed by atoms with Crippen LogP contribution in [0.25, 0.3) is 0 Å². The first kappa shape index (κ1) is 14.8. The van der Waals surface area contributed by atoms with Crippen LogP contribution in [-0.4, -0.2) is 46.6 Å². The minimum Gasteiger partial charge on any atom is -0.388 e. The normalized spacial score (nSPS) is 28.4. The summed E-state index contributed by atoms with van der Waals surface area (Å²) in [5, 5.41) is 12.9. The molecule has 0 spiro atoms. The number of aliphatic hydroxyl groups is 1. The van der Waals surface area contributed by atoms with Crippen molar-refractivity contribution < 1.29 is 14.7 Å². The highest BCUT2D eigenvalue weighted by Gasteiger charge is 2.39. The van der Waals surface area contributed by atoms with Gasteiger partial charge in [-0.25, -0.2) is 0 Å². The zero-order chi connectivity index (χ0) is 14.9. The molecule has 2 saturated carbocycles. The highest BCUT2D eigenvalue weighted by Crippen LogP contribution is 2.31. The summed E-state index contributed by atoms with van der Waals surface area (Å²) < 4.78 is 0. The summed E-state index contributed by atoms with van der Waals surface area (Å²) in [6, 6.07) is -0.318. The Labute approximate surface area is 126 Å². The molecule has 2 N–H and O–H groups in total. The van der Waals surface area contributed by atoms with E-state index in [4.69, 9.17) is 0 Å². The largest absolute Gasteiger partial charge is 0.388 e. The Morgan fingerprint density at radius 3 is 2.43 bits per heavy atom. The summed E-state index contributed by atoms with van der Waals surface area (Å²) in [5.74, 6) is 0.223. The van der Waals surface area contributed by atoms with E-state index in [0.717, 1.165) is 57.8 Å². The van der Waals surface area contributed by atoms with Crippen LogP contribution in [0.2, 0.25) is 0 Å². The number of rotatable bonds is 4. The van der Waals surface area contributed by atoms with E-state index in [1.165, 1.54) is 0 Å². The quantitative estimate of drug-likeness (QED) is 0.818. The molecule has 1 atom stereocenters. The molecule has 3 rings (SSSR count). The third-order valence-electron chi connectivity index (χ3n) is 5.42. The number of amides is 2. The summed E-state index contributed by atoms with van der Waals surface area (Å²) in [6.07, 6.45) is 8.44. The molecular formula is C16H26N2O3. The SMILES string of the molecule is O=C(NCC1(O)CCC1)C1CCCN1C(=O)C1CCCC1. The Morgan fingerprint density at radius 2 is 1.81 bits per heavy atom. The average molecular weight is 294 g/mol. The summed E-state index contributed by atoms with van der Waals surface area (Å²) >= 11 is 0. The topological polar surface area (TPSA) is 69.6 Å². The maximum Gasteiger partial charge on any atom is 0.242 e. The second-order valence-corrected chi connectivity index (χ2v) is 6.97. The van der Waals surface area contributed by atoms with Gasteiger partial charge in [-0.3, -0.25) is 9.59 Å². The van der Waals surface area contributed by atoms with Crippen molar-refractivity contribution in [2.24, 2.45) is 5.92 Å². The van der Waals surface area contributed by atoms with Gasteiger partial charge in [-0.05, 0) is 44.9 Å². The molecule has 5 heteroatoms. The lowest BCUT2D eigenvalue weighted by atomic mass is 9.80. The van der Waals surface area contributed by atoms with Crippen LogP contribution in [0.3, 0.4) is 0 Å². The Kier molecular flexibility index (Phi) is 4.20. The molecule has 2 aliphatic carbocycles. The van der Waals surface area contributed by atoms with E-state index < -0.39 is 5.60 Å². The van der Waals surface area contributed by atoms with Gasteiger partial charge in [0.25, 0.3) is 0 Å². The first-order valence-electron chi connectivity index (χ1n) is 8.40. The van der Waals surface area contributed by atoms with Crippen molar-refractivity contribution in [2.75, 3.05) is 13.1 Å². The fourth-order valence-electron chi connectivity index (χ4n) is 3.84. The maximum atomic E-state index is 12.5. The zero-order valence-electron chi connectivity index (χ0n) is 12.6. The fourth-order valence-corrected chi connectivity index (χ4v) is 3.84. The second kappa shape index (κ2) is 5.95. The number of carbonyl (C=O) groups is 2. The molecule has 3 aliphatic rings. The summed E-state index contributed by atoms with van der Waals surface area (Å²) in [5.41, 5.74) is -0.700. The van der Waals surface area contributed by atoms with Crippen LogP contribution in [0, 0.1) is 5.92 Å². The number of nitrogens with zero attached hydrogens (tertiary/aromatic N) is 1. The highest BCUT2D eigenvalue weighted by atomic mass is 16.3. The van der Waals surface area contributed by atoms with E-state index in [9.17, 15) is 14.7 Å². The second-order valence-electron chi connectivity index (χ2n) is 6.97. The van der Waals surface area contributed by atoms with Crippen LogP contribution < -0.4 is 5.32 Å². The van der Waals surface area contributed by atoms with Gasteiger partial charge in [-0.1, -0.05) is 12.8 Å². The van der Waals surface area contributed by atoms with Crippen molar-refractivity contribution >= 4 is 11.8 Å². The van der Waals surface area contributed by atoms with Gasteiger partial charge in [0, 0.05) is 19.0 Å². The molecule has 1 heterocycles.